The lowest BCUT2D eigenvalue weighted by Gasteiger charge is -2.19. The van der Waals surface area contributed by atoms with E-state index in [1.807, 2.05) is 48.5 Å². The van der Waals surface area contributed by atoms with Gasteiger partial charge < -0.3 is 25.3 Å². The van der Waals surface area contributed by atoms with E-state index in [2.05, 4.69) is 16.4 Å². The maximum absolute atomic E-state index is 10.3. The van der Waals surface area contributed by atoms with Crippen LogP contribution in [0.15, 0.2) is 54.6 Å². The summed E-state index contributed by atoms with van der Waals surface area (Å²) in [6, 6.07) is 17.3. The van der Waals surface area contributed by atoms with Crippen LogP contribution in [0.1, 0.15) is 23.8 Å². The molecule has 0 aliphatic carbocycles. The highest BCUT2D eigenvalue weighted by molar-refractivity contribution is 5.81. The van der Waals surface area contributed by atoms with Crippen LogP contribution in [-0.2, 0) is 6.54 Å². The molecular formula is C20H24N2O3. The number of H-pyrrole nitrogens is 1. The lowest BCUT2D eigenvalue weighted by Crippen LogP contribution is -2.33. The Morgan fingerprint density at radius 3 is 2.64 bits per heavy atom. The zero-order chi connectivity index (χ0) is 17.6. The van der Waals surface area contributed by atoms with E-state index in [1.54, 1.807) is 7.11 Å². The van der Waals surface area contributed by atoms with Gasteiger partial charge in [0.05, 0.1) is 19.8 Å². The van der Waals surface area contributed by atoms with Gasteiger partial charge in [-0.15, -0.1) is 0 Å². The number of aromatic nitrogens is 1. The first-order valence-corrected chi connectivity index (χ1v) is 8.42. The predicted octanol–water partition coefficient (Wildman–Crippen LogP) is 2.75. The maximum Gasteiger partial charge on any atom is 0.119 e. The van der Waals surface area contributed by atoms with Crippen molar-refractivity contribution in [2.45, 2.75) is 25.1 Å². The van der Waals surface area contributed by atoms with Gasteiger partial charge in [-0.05, 0) is 36.2 Å². The van der Waals surface area contributed by atoms with Crippen LogP contribution in [0.2, 0.25) is 0 Å². The van der Waals surface area contributed by atoms with Gasteiger partial charge in [0.1, 0.15) is 5.75 Å². The molecule has 3 aromatic rings. The van der Waals surface area contributed by atoms with Crippen LogP contribution in [0, 0.1) is 0 Å². The molecule has 0 amide bonds. The van der Waals surface area contributed by atoms with Gasteiger partial charge in [-0.3, -0.25) is 0 Å². The first-order valence-electron chi connectivity index (χ1n) is 8.42. The zero-order valence-corrected chi connectivity index (χ0v) is 14.3. The van der Waals surface area contributed by atoms with Crippen molar-refractivity contribution in [3.8, 4) is 5.75 Å². The van der Waals surface area contributed by atoms with Crippen molar-refractivity contribution in [2.24, 2.45) is 0 Å². The van der Waals surface area contributed by atoms with Gasteiger partial charge >= 0.3 is 0 Å². The molecule has 0 fully saturated rings. The van der Waals surface area contributed by atoms with Crippen molar-refractivity contribution in [1.82, 2.24) is 10.3 Å². The van der Waals surface area contributed by atoms with Crippen molar-refractivity contribution in [3.63, 3.8) is 0 Å². The van der Waals surface area contributed by atoms with E-state index >= 15 is 0 Å². The molecule has 0 saturated heterocycles. The first-order chi connectivity index (χ1) is 12.2. The highest BCUT2D eigenvalue weighted by Crippen LogP contribution is 2.22. The smallest absolute Gasteiger partial charge is 0.119 e. The molecule has 0 spiro atoms. The molecule has 0 radical (unpaired) electrons. The summed E-state index contributed by atoms with van der Waals surface area (Å²) in [5.41, 5.74) is 2.93. The topological polar surface area (TPSA) is 77.5 Å². The fourth-order valence-electron chi connectivity index (χ4n) is 2.95. The molecule has 2 unspecified atom stereocenters. The Morgan fingerprint density at radius 1 is 1.12 bits per heavy atom. The Hall–Kier alpha value is -2.34. The van der Waals surface area contributed by atoms with Gasteiger partial charge in [0, 0.05) is 29.2 Å². The molecule has 5 heteroatoms. The second-order valence-electron chi connectivity index (χ2n) is 6.17. The second-order valence-corrected chi connectivity index (χ2v) is 6.17. The van der Waals surface area contributed by atoms with Gasteiger partial charge in [0.2, 0.25) is 0 Å². The minimum absolute atomic E-state index is 0.0298. The third-order valence-electron chi connectivity index (χ3n) is 4.38. The summed E-state index contributed by atoms with van der Waals surface area (Å²) in [5.74, 6) is 0.824. The summed E-state index contributed by atoms with van der Waals surface area (Å²) in [6.07, 6.45) is -0.146. The number of hydrogen-bond acceptors (Lipinski definition) is 4. The Kier molecular flexibility index (Phi) is 5.71. The van der Waals surface area contributed by atoms with E-state index in [4.69, 9.17) is 4.74 Å². The van der Waals surface area contributed by atoms with E-state index in [0.29, 0.717) is 13.0 Å². The van der Waals surface area contributed by atoms with E-state index < -0.39 is 6.10 Å². The van der Waals surface area contributed by atoms with Gasteiger partial charge in [-0.2, -0.15) is 0 Å². The minimum Gasteiger partial charge on any atom is -0.497 e. The van der Waals surface area contributed by atoms with E-state index in [1.165, 1.54) is 0 Å². The van der Waals surface area contributed by atoms with Crippen molar-refractivity contribution >= 4 is 10.9 Å². The summed E-state index contributed by atoms with van der Waals surface area (Å²) < 4.78 is 5.24. The Bertz CT molecular complexity index is 801. The number of aliphatic hydroxyl groups excluding tert-OH is 2. The molecule has 5 nitrogen and oxygen atoms in total. The van der Waals surface area contributed by atoms with E-state index in [0.717, 1.165) is 27.9 Å². The summed E-state index contributed by atoms with van der Waals surface area (Å²) >= 11 is 0. The number of hydrogen-bond donors (Lipinski definition) is 4. The SMILES string of the molecule is COc1ccc2[nH]c(CNC(CO)CC(O)c3ccccc3)cc2c1. The first kappa shape index (κ1) is 17.5. The normalized spacial score (nSPS) is 13.7. The van der Waals surface area contributed by atoms with Crippen LogP contribution >= 0.6 is 0 Å². The molecule has 0 aliphatic rings. The number of ether oxygens (including phenoxy) is 1. The van der Waals surface area contributed by atoms with Crippen molar-refractivity contribution in [1.29, 1.82) is 0 Å². The van der Waals surface area contributed by atoms with Gasteiger partial charge in [0.15, 0.2) is 0 Å². The number of nitrogens with one attached hydrogen (secondary N) is 2. The largest absolute Gasteiger partial charge is 0.497 e. The summed E-state index contributed by atoms with van der Waals surface area (Å²) in [6.45, 7) is 0.557. The molecule has 2 atom stereocenters. The lowest BCUT2D eigenvalue weighted by molar-refractivity contribution is 0.129. The molecular weight excluding hydrogens is 316 g/mol. The third kappa shape index (κ3) is 4.39. The zero-order valence-electron chi connectivity index (χ0n) is 14.3. The lowest BCUT2D eigenvalue weighted by atomic mass is 10.0. The summed E-state index contributed by atoms with van der Waals surface area (Å²) in [5, 5.41) is 24.3. The highest BCUT2D eigenvalue weighted by atomic mass is 16.5. The molecule has 0 aliphatic heterocycles. The van der Waals surface area contributed by atoms with Crippen molar-refractivity contribution < 1.29 is 14.9 Å². The molecule has 0 saturated carbocycles. The van der Waals surface area contributed by atoms with E-state index in [9.17, 15) is 10.2 Å². The van der Waals surface area contributed by atoms with Crippen LogP contribution in [0.25, 0.3) is 10.9 Å². The van der Waals surface area contributed by atoms with E-state index in [-0.39, 0.29) is 12.6 Å². The monoisotopic (exact) mass is 340 g/mol. The average molecular weight is 340 g/mol. The number of aromatic amines is 1. The van der Waals surface area contributed by atoms with Gasteiger partial charge in [0.25, 0.3) is 0 Å². The Morgan fingerprint density at radius 2 is 1.92 bits per heavy atom. The Balaban J connectivity index is 1.61. The number of aliphatic hydroxyl groups is 2. The van der Waals surface area contributed by atoms with Crippen molar-refractivity contribution in [2.75, 3.05) is 13.7 Å². The standard InChI is InChI=1S/C20H24N2O3/c1-25-18-7-8-19-15(10-18)9-16(22-19)12-21-17(13-23)11-20(24)14-5-3-2-4-6-14/h2-10,17,20-24H,11-13H2,1H3. The molecule has 1 aromatic heterocycles. The quantitative estimate of drug-likeness (QED) is 0.508. The fourth-order valence-corrected chi connectivity index (χ4v) is 2.95. The molecule has 132 valence electrons. The van der Waals surface area contributed by atoms with Crippen LogP contribution in [0.4, 0.5) is 0 Å². The van der Waals surface area contributed by atoms with Gasteiger partial charge in [-0.25, -0.2) is 0 Å². The predicted molar refractivity (Wildman–Crippen MR) is 98.6 cm³/mol. The summed E-state index contributed by atoms with van der Waals surface area (Å²) in [7, 11) is 1.65. The molecule has 0 bridgehead atoms. The van der Waals surface area contributed by atoms with Gasteiger partial charge in [-0.1, -0.05) is 30.3 Å². The summed E-state index contributed by atoms with van der Waals surface area (Å²) in [4.78, 5) is 3.35. The number of fused-ring (bicyclic) bond motifs is 1. The fraction of sp³-hybridized carbons (Fsp3) is 0.300. The molecule has 2 aromatic carbocycles. The molecule has 1 heterocycles. The van der Waals surface area contributed by atoms with Crippen LogP contribution < -0.4 is 10.1 Å². The third-order valence-corrected chi connectivity index (χ3v) is 4.38. The molecule has 3 rings (SSSR count). The van der Waals surface area contributed by atoms with Crippen LogP contribution in [0.3, 0.4) is 0 Å². The highest BCUT2D eigenvalue weighted by Gasteiger charge is 2.15. The average Bonchev–Trinajstić information content (AvgIpc) is 3.07. The van der Waals surface area contributed by atoms with Crippen LogP contribution in [-0.4, -0.2) is 35.0 Å². The maximum atomic E-state index is 10.3. The Labute approximate surface area is 147 Å². The second kappa shape index (κ2) is 8.16. The number of benzene rings is 2. The number of rotatable bonds is 8. The number of methoxy groups -OCH3 is 1. The van der Waals surface area contributed by atoms with Crippen LogP contribution in [0.5, 0.6) is 5.75 Å². The minimum atomic E-state index is -0.599. The molecule has 4 N–H and O–H groups in total. The molecule has 25 heavy (non-hydrogen) atoms. The van der Waals surface area contributed by atoms with Crippen molar-refractivity contribution in [3.05, 3.63) is 65.9 Å².